The summed E-state index contributed by atoms with van der Waals surface area (Å²) in [4.78, 5) is 7.43. The quantitative estimate of drug-likeness (QED) is 0.816. The molecule has 1 unspecified atom stereocenters. The Morgan fingerprint density at radius 2 is 2.12 bits per heavy atom. The summed E-state index contributed by atoms with van der Waals surface area (Å²) in [6, 6.07) is 3.95. The van der Waals surface area contributed by atoms with Crippen LogP contribution in [0.2, 0.25) is 5.02 Å². The molecule has 0 saturated carbocycles. The zero-order valence-corrected chi connectivity index (χ0v) is 14.6. The average Bonchev–Trinajstić information content (AvgIpc) is 3.04. The number of hydrogen-bond donors (Lipinski definition) is 1. The van der Waals surface area contributed by atoms with Crippen molar-refractivity contribution >= 4 is 28.1 Å². The molecule has 2 N–H and O–H groups in total. The highest BCUT2D eigenvalue weighted by molar-refractivity contribution is 7.15. The molecular weight excluding hydrogens is 359 g/mol. The lowest BCUT2D eigenvalue weighted by Gasteiger charge is -2.20. The number of benzene rings is 1. The number of nitrogens with zero attached hydrogens (tertiary/aromatic N) is 2. The van der Waals surface area contributed by atoms with Gasteiger partial charge in [-0.3, -0.25) is 4.90 Å². The van der Waals surface area contributed by atoms with Crippen molar-refractivity contribution in [3.05, 3.63) is 33.7 Å². The molecule has 0 amide bonds. The van der Waals surface area contributed by atoms with E-state index in [1.165, 1.54) is 17.4 Å². The van der Waals surface area contributed by atoms with E-state index in [1.54, 1.807) is 0 Å². The molecule has 2 aromatic rings. The van der Waals surface area contributed by atoms with Gasteiger partial charge in [-0.05, 0) is 44.5 Å². The second-order valence-electron chi connectivity index (χ2n) is 6.01. The minimum absolute atomic E-state index is 0.0342. The number of alkyl halides is 3. The third-order valence-corrected chi connectivity index (χ3v) is 5.34. The summed E-state index contributed by atoms with van der Waals surface area (Å²) < 4.78 is 39.1. The second-order valence-corrected chi connectivity index (χ2v) is 7.56. The van der Waals surface area contributed by atoms with Crippen LogP contribution in [-0.2, 0) is 12.7 Å². The maximum absolute atomic E-state index is 13.0. The van der Waals surface area contributed by atoms with E-state index >= 15 is 0 Å². The molecule has 1 aromatic heterocycles. The number of likely N-dealkylation sites (tertiary alicyclic amines) is 1. The number of aromatic nitrogens is 1. The molecule has 3 nitrogen and oxygen atoms in total. The molecule has 1 saturated heterocycles. The van der Waals surface area contributed by atoms with Gasteiger partial charge >= 0.3 is 6.18 Å². The minimum atomic E-state index is -4.45. The Morgan fingerprint density at radius 1 is 1.38 bits per heavy atom. The first-order chi connectivity index (χ1) is 11.2. The zero-order chi connectivity index (χ0) is 17.5. The number of nitrogens with two attached hydrogens (primary N) is 1. The fourth-order valence-electron chi connectivity index (χ4n) is 3.00. The van der Waals surface area contributed by atoms with Crippen LogP contribution in [0.5, 0.6) is 0 Å². The van der Waals surface area contributed by atoms with Gasteiger partial charge in [0.15, 0.2) is 5.13 Å². The van der Waals surface area contributed by atoms with Crippen molar-refractivity contribution in [2.75, 3.05) is 12.3 Å². The van der Waals surface area contributed by atoms with Crippen LogP contribution < -0.4 is 5.73 Å². The van der Waals surface area contributed by atoms with Gasteiger partial charge in [0.2, 0.25) is 0 Å². The van der Waals surface area contributed by atoms with Crippen LogP contribution in [0.15, 0.2) is 18.2 Å². The Hall–Kier alpha value is -1.31. The molecule has 0 spiro atoms. The van der Waals surface area contributed by atoms with Gasteiger partial charge in [-0.2, -0.15) is 13.2 Å². The maximum atomic E-state index is 13.0. The molecule has 0 aliphatic carbocycles. The largest absolute Gasteiger partial charge is 0.416 e. The molecule has 1 aromatic carbocycles. The predicted molar refractivity (Wildman–Crippen MR) is 91.1 cm³/mol. The molecule has 1 atom stereocenters. The Labute approximate surface area is 147 Å². The molecule has 130 valence electrons. The lowest BCUT2D eigenvalue weighted by molar-refractivity contribution is -0.137. The van der Waals surface area contributed by atoms with Crippen LogP contribution in [0.4, 0.5) is 18.3 Å². The van der Waals surface area contributed by atoms with E-state index in [-0.39, 0.29) is 5.02 Å². The number of rotatable bonds is 3. The first-order valence-electron chi connectivity index (χ1n) is 7.61. The molecule has 24 heavy (non-hydrogen) atoms. The number of halogens is 4. The molecule has 0 radical (unpaired) electrons. The van der Waals surface area contributed by atoms with Gasteiger partial charge in [0.25, 0.3) is 0 Å². The van der Waals surface area contributed by atoms with Crippen molar-refractivity contribution in [3.8, 4) is 11.3 Å². The first kappa shape index (κ1) is 17.5. The van der Waals surface area contributed by atoms with E-state index < -0.39 is 11.7 Å². The van der Waals surface area contributed by atoms with Crippen molar-refractivity contribution in [2.24, 2.45) is 0 Å². The third-order valence-electron chi connectivity index (χ3n) is 4.25. The van der Waals surface area contributed by atoms with Crippen LogP contribution in [0.3, 0.4) is 0 Å². The summed E-state index contributed by atoms with van der Waals surface area (Å²) in [5.74, 6) is 0. The van der Waals surface area contributed by atoms with E-state index in [0.29, 0.717) is 29.0 Å². The van der Waals surface area contributed by atoms with E-state index in [0.717, 1.165) is 36.4 Å². The molecule has 1 aliphatic rings. The summed E-state index contributed by atoms with van der Waals surface area (Å²) in [5.41, 5.74) is 5.88. The standard InChI is InChI=1S/C16H17ClF3N3S/c1-9-3-2-4-23(9)8-13-14(22-15(21)24-13)10-5-11(16(18,19)20)7-12(17)6-10/h5-7,9H,2-4,8H2,1H3,(H2,21,22). The van der Waals surface area contributed by atoms with Crippen LogP contribution >= 0.6 is 22.9 Å². The second kappa shape index (κ2) is 6.54. The SMILES string of the molecule is CC1CCCN1Cc1sc(N)nc1-c1cc(Cl)cc(C(F)(F)F)c1. The number of thiazole rings is 1. The lowest BCUT2D eigenvalue weighted by Crippen LogP contribution is -2.25. The molecule has 1 fully saturated rings. The van der Waals surface area contributed by atoms with Gasteiger partial charge in [0.1, 0.15) is 0 Å². The van der Waals surface area contributed by atoms with Gasteiger partial charge in [0.05, 0.1) is 11.3 Å². The normalized spacial score (nSPS) is 19.1. The van der Waals surface area contributed by atoms with Crippen LogP contribution in [0, 0.1) is 0 Å². The van der Waals surface area contributed by atoms with Crippen LogP contribution in [0.25, 0.3) is 11.3 Å². The molecule has 0 bridgehead atoms. The zero-order valence-electron chi connectivity index (χ0n) is 13.0. The Bertz CT molecular complexity index is 745. The molecule has 2 heterocycles. The van der Waals surface area contributed by atoms with Gasteiger partial charge in [-0.25, -0.2) is 4.98 Å². The summed E-state index contributed by atoms with van der Waals surface area (Å²) >= 11 is 7.21. The third kappa shape index (κ3) is 3.68. The highest BCUT2D eigenvalue weighted by atomic mass is 35.5. The predicted octanol–water partition coefficient (Wildman–Crippen LogP) is 5.05. The summed E-state index contributed by atoms with van der Waals surface area (Å²) in [6.07, 6.45) is -2.20. The average molecular weight is 376 g/mol. The van der Waals surface area contributed by atoms with E-state index in [2.05, 4.69) is 16.8 Å². The van der Waals surface area contributed by atoms with E-state index in [4.69, 9.17) is 17.3 Å². The molecule has 1 aliphatic heterocycles. The number of hydrogen-bond acceptors (Lipinski definition) is 4. The highest BCUT2D eigenvalue weighted by Gasteiger charge is 2.32. The number of anilines is 1. The highest BCUT2D eigenvalue weighted by Crippen LogP contribution is 2.38. The van der Waals surface area contributed by atoms with Gasteiger partial charge in [-0.15, -0.1) is 11.3 Å². The van der Waals surface area contributed by atoms with Crippen molar-refractivity contribution < 1.29 is 13.2 Å². The van der Waals surface area contributed by atoms with Crippen molar-refractivity contribution in [2.45, 2.75) is 38.5 Å². The van der Waals surface area contributed by atoms with E-state index in [1.807, 2.05) is 0 Å². The van der Waals surface area contributed by atoms with Crippen molar-refractivity contribution in [1.29, 1.82) is 0 Å². The van der Waals surface area contributed by atoms with Gasteiger partial charge in [0, 0.05) is 28.0 Å². The fourth-order valence-corrected chi connectivity index (χ4v) is 4.12. The van der Waals surface area contributed by atoms with Gasteiger partial charge < -0.3 is 5.73 Å². The monoisotopic (exact) mass is 375 g/mol. The maximum Gasteiger partial charge on any atom is 0.416 e. The molecular formula is C16H17ClF3N3S. The van der Waals surface area contributed by atoms with Crippen LogP contribution in [-0.4, -0.2) is 22.5 Å². The van der Waals surface area contributed by atoms with Crippen molar-refractivity contribution in [1.82, 2.24) is 9.88 Å². The van der Waals surface area contributed by atoms with Crippen molar-refractivity contribution in [3.63, 3.8) is 0 Å². The first-order valence-corrected chi connectivity index (χ1v) is 8.81. The molecule has 3 rings (SSSR count). The summed E-state index contributed by atoms with van der Waals surface area (Å²) in [7, 11) is 0. The lowest BCUT2D eigenvalue weighted by atomic mass is 10.1. The fraction of sp³-hybridized carbons (Fsp3) is 0.438. The Balaban J connectivity index is 1.99. The van der Waals surface area contributed by atoms with Gasteiger partial charge in [-0.1, -0.05) is 11.6 Å². The summed E-state index contributed by atoms with van der Waals surface area (Å²) in [5, 5.41) is 0.382. The topological polar surface area (TPSA) is 42.1 Å². The number of nitrogen functional groups attached to an aromatic ring is 1. The Morgan fingerprint density at radius 3 is 2.75 bits per heavy atom. The summed E-state index contributed by atoms with van der Waals surface area (Å²) in [6.45, 7) is 3.76. The Kier molecular flexibility index (Phi) is 4.77. The van der Waals surface area contributed by atoms with Crippen LogP contribution in [0.1, 0.15) is 30.2 Å². The minimum Gasteiger partial charge on any atom is -0.375 e. The smallest absolute Gasteiger partial charge is 0.375 e. The molecule has 8 heteroatoms. The van der Waals surface area contributed by atoms with E-state index in [9.17, 15) is 13.2 Å².